The average molecular weight is 269 g/mol. The molecular formula is C15H31N3O. The number of nitrogens with one attached hydrogen (secondary N) is 1. The molecule has 0 saturated carbocycles. The van der Waals surface area contributed by atoms with E-state index in [0.29, 0.717) is 23.6 Å². The van der Waals surface area contributed by atoms with Crippen LogP contribution in [0, 0.1) is 5.41 Å². The van der Waals surface area contributed by atoms with Crippen molar-refractivity contribution >= 4 is 0 Å². The van der Waals surface area contributed by atoms with E-state index in [4.69, 9.17) is 4.74 Å². The van der Waals surface area contributed by atoms with Crippen LogP contribution in [-0.4, -0.2) is 74.4 Å². The topological polar surface area (TPSA) is 27.7 Å². The molecule has 4 nitrogen and oxygen atoms in total. The van der Waals surface area contributed by atoms with Crippen molar-refractivity contribution in [2.24, 2.45) is 5.41 Å². The van der Waals surface area contributed by atoms with Gasteiger partial charge in [0, 0.05) is 44.8 Å². The van der Waals surface area contributed by atoms with Gasteiger partial charge in [0.15, 0.2) is 0 Å². The number of piperazine rings is 1. The monoisotopic (exact) mass is 269 g/mol. The lowest BCUT2D eigenvalue weighted by Crippen LogP contribution is -2.61. The van der Waals surface area contributed by atoms with Gasteiger partial charge in [0.05, 0.1) is 12.7 Å². The summed E-state index contributed by atoms with van der Waals surface area (Å²) in [6, 6.07) is 1.18. The molecule has 0 aliphatic carbocycles. The van der Waals surface area contributed by atoms with Crippen LogP contribution in [0.15, 0.2) is 0 Å². The van der Waals surface area contributed by atoms with Gasteiger partial charge in [0.1, 0.15) is 0 Å². The van der Waals surface area contributed by atoms with Gasteiger partial charge in [-0.3, -0.25) is 4.90 Å². The van der Waals surface area contributed by atoms with Crippen LogP contribution >= 0.6 is 0 Å². The van der Waals surface area contributed by atoms with E-state index in [1.807, 2.05) is 0 Å². The number of hydrogen-bond acceptors (Lipinski definition) is 4. The summed E-state index contributed by atoms with van der Waals surface area (Å²) >= 11 is 0. The summed E-state index contributed by atoms with van der Waals surface area (Å²) in [4.78, 5) is 4.98. The van der Waals surface area contributed by atoms with Gasteiger partial charge >= 0.3 is 0 Å². The fourth-order valence-electron chi connectivity index (χ4n) is 2.99. The molecule has 2 aliphatic rings. The molecule has 2 heterocycles. The quantitative estimate of drug-likeness (QED) is 0.810. The van der Waals surface area contributed by atoms with Gasteiger partial charge in [-0.1, -0.05) is 20.8 Å². The number of nitrogens with zero attached hydrogens (tertiary/aromatic N) is 2. The van der Waals surface area contributed by atoms with Crippen molar-refractivity contribution in [1.82, 2.24) is 15.1 Å². The molecule has 3 unspecified atom stereocenters. The second-order valence-electron chi connectivity index (χ2n) is 7.38. The van der Waals surface area contributed by atoms with E-state index in [1.165, 1.54) is 0 Å². The Morgan fingerprint density at radius 2 is 2.00 bits per heavy atom. The molecule has 112 valence electrons. The molecule has 2 saturated heterocycles. The Kier molecular flexibility index (Phi) is 4.88. The van der Waals surface area contributed by atoms with Crippen LogP contribution in [0.2, 0.25) is 0 Å². The van der Waals surface area contributed by atoms with E-state index in [-0.39, 0.29) is 0 Å². The summed E-state index contributed by atoms with van der Waals surface area (Å²) in [5.41, 5.74) is 0.322. The normalized spacial score (nSPS) is 35.5. The molecule has 3 atom stereocenters. The van der Waals surface area contributed by atoms with E-state index in [2.05, 4.69) is 49.9 Å². The Morgan fingerprint density at radius 1 is 1.26 bits per heavy atom. The van der Waals surface area contributed by atoms with Gasteiger partial charge in [-0.25, -0.2) is 0 Å². The number of hydrogen-bond donors (Lipinski definition) is 1. The second-order valence-corrected chi connectivity index (χ2v) is 7.38. The highest BCUT2D eigenvalue weighted by Gasteiger charge is 2.33. The predicted octanol–water partition coefficient (Wildman–Crippen LogP) is 1.03. The lowest BCUT2D eigenvalue weighted by molar-refractivity contribution is -0.0484. The van der Waals surface area contributed by atoms with Crippen molar-refractivity contribution in [3.05, 3.63) is 0 Å². The maximum atomic E-state index is 5.92. The van der Waals surface area contributed by atoms with Crippen LogP contribution in [0.4, 0.5) is 0 Å². The Balaban J connectivity index is 1.90. The average Bonchev–Trinajstić information content (AvgIpc) is 2.30. The molecule has 0 amide bonds. The number of ether oxygens (including phenoxy) is 1. The zero-order valence-electron chi connectivity index (χ0n) is 13.3. The van der Waals surface area contributed by atoms with Crippen molar-refractivity contribution in [2.45, 2.75) is 45.9 Å². The van der Waals surface area contributed by atoms with Crippen LogP contribution < -0.4 is 5.32 Å². The third-order valence-electron chi connectivity index (χ3n) is 4.53. The first-order valence-corrected chi connectivity index (χ1v) is 7.64. The van der Waals surface area contributed by atoms with Gasteiger partial charge in [0.25, 0.3) is 0 Å². The van der Waals surface area contributed by atoms with E-state index in [9.17, 15) is 0 Å². The molecule has 2 fully saturated rings. The minimum absolute atomic E-state index is 0.322. The SMILES string of the molecule is CC1CNC(C(C)(C)C)CN1CC1CN(C)CCO1. The highest BCUT2D eigenvalue weighted by Crippen LogP contribution is 2.24. The Hall–Kier alpha value is -0.160. The minimum atomic E-state index is 0.322. The van der Waals surface area contributed by atoms with Crippen molar-refractivity contribution < 1.29 is 4.74 Å². The van der Waals surface area contributed by atoms with Crippen molar-refractivity contribution in [3.8, 4) is 0 Å². The van der Waals surface area contributed by atoms with Crippen molar-refractivity contribution in [1.29, 1.82) is 0 Å². The first-order chi connectivity index (χ1) is 8.86. The van der Waals surface area contributed by atoms with E-state index in [1.54, 1.807) is 0 Å². The lowest BCUT2D eigenvalue weighted by atomic mass is 9.84. The fourth-order valence-corrected chi connectivity index (χ4v) is 2.99. The molecule has 0 bridgehead atoms. The Labute approximate surface area is 118 Å². The van der Waals surface area contributed by atoms with E-state index in [0.717, 1.165) is 39.3 Å². The summed E-state index contributed by atoms with van der Waals surface area (Å²) in [5, 5.41) is 3.69. The maximum Gasteiger partial charge on any atom is 0.0829 e. The fraction of sp³-hybridized carbons (Fsp3) is 1.00. The zero-order chi connectivity index (χ0) is 14.0. The highest BCUT2D eigenvalue weighted by molar-refractivity contribution is 4.91. The molecule has 0 radical (unpaired) electrons. The minimum Gasteiger partial charge on any atom is -0.374 e. The molecule has 2 rings (SSSR count). The molecular weight excluding hydrogens is 238 g/mol. The van der Waals surface area contributed by atoms with E-state index < -0.39 is 0 Å². The number of rotatable bonds is 2. The Morgan fingerprint density at radius 3 is 2.63 bits per heavy atom. The predicted molar refractivity (Wildman–Crippen MR) is 79.5 cm³/mol. The molecule has 0 spiro atoms. The van der Waals surface area contributed by atoms with Crippen molar-refractivity contribution in [2.75, 3.05) is 46.4 Å². The van der Waals surface area contributed by atoms with Crippen LogP contribution in [0.3, 0.4) is 0 Å². The maximum absolute atomic E-state index is 5.92. The summed E-state index contributed by atoms with van der Waals surface area (Å²) in [7, 11) is 2.19. The van der Waals surface area contributed by atoms with E-state index >= 15 is 0 Å². The van der Waals surface area contributed by atoms with Gasteiger partial charge < -0.3 is 15.0 Å². The van der Waals surface area contributed by atoms with Gasteiger partial charge in [-0.2, -0.15) is 0 Å². The highest BCUT2D eigenvalue weighted by atomic mass is 16.5. The van der Waals surface area contributed by atoms with Gasteiger partial charge in [-0.15, -0.1) is 0 Å². The summed E-state index contributed by atoms with van der Waals surface area (Å²) in [5.74, 6) is 0. The molecule has 4 heteroatoms. The molecule has 0 aromatic rings. The van der Waals surface area contributed by atoms with Crippen LogP contribution in [0.25, 0.3) is 0 Å². The number of morpholine rings is 1. The lowest BCUT2D eigenvalue weighted by Gasteiger charge is -2.45. The number of likely N-dealkylation sites (N-methyl/N-ethyl adjacent to an activating group) is 1. The third kappa shape index (κ3) is 4.15. The molecule has 0 aromatic heterocycles. The van der Waals surface area contributed by atoms with Crippen LogP contribution in [0.1, 0.15) is 27.7 Å². The van der Waals surface area contributed by atoms with Crippen LogP contribution in [-0.2, 0) is 4.74 Å². The standard InChI is InChI=1S/C15H31N3O/c1-12-8-16-14(15(2,3)4)11-18(12)10-13-9-17(5)6-7-19-13/h12-14,16H,6-11H2,1-5H3. The molecule has 19 heavy (non-hydrogen) atoms. The summed E-state index contributed by atoms with van der Waals surface area (Å²) < 4.78 is 5.92. The van der Waals surface area contributed by atoms with Gasteiger partial charge in [0.2, 0.25) is 0 Å². The summed E-state index contributed by atoms with van der Waals surface area (Å²) in [6.07, 6.45) is 0.375. The van der Waals surface area contributed by atoms with Crippen LogP contribution in [0.5, 0.6) is 0 Å². The second kappa shape index (κ2) is 6.08. The Bertz CT molecular complexity index is 290. The largest absolute Gasteiger partial charge is 0.374 e. The molecule has 1 N–H and O–H groups in total. The summed E-state index contributed by atoms with van der Waals surface area (Å²) in [6.45, 7) is 15.6. The van der Waals surface area contributed by atoms with Crippen molar-refractivity contribution in [3.63, 3.8) is 0 Å². The van der Waals surface area contributed by atoms with Gasteiger partial charge in [-0.05, 0) is 19.4 Å². The molecule has 2 aliphatic heterocycles. The third-order valence-corrected chi connectivity index (χ3v) is 4.53. The first-order valence-electron chi connectivity index (χ1n) is 7.64. The molecule has 0 aromatic carbocycles. The smallest absolute Gasteiger partial charge is 0.0829 e. The zero-order valence-corrected chi connectivity index (χ0v) is 13.3. The first kappa shape index (κ1) is 15.2.